The smallest absolute Gasteiger partial charge is 0.0726 e. The molecular weight excluding hydrogens is 1510 g/mol. The monoisotopic (exact) mass is 1580 g/mol. The summed E-state index contributed by atoms with van der Waals surface area (Å²) in [6.45, 7) is 0. The number of aromatic amines is 1. The molecular formula is C114H73BrN4. The summed E-state index contributed by atoms with van der Waals surface area (Å²) in [4.78, 5) is 3.65. The van der Waals surface area contributed by atoms with Gasteiger partial charge in [0.25, 0.3) is 0 Å². The first kappa shape index (κ1) is 68.5. The fourth-order valence-electron chi connectivity index (χ4n) is 20.9. The number of para-hydroxylation sites is 2. The van der Waals surface area contributed by atoms with Gasteiger partial charge in [-0.3, -0.25) is 0 Å². The molecule has 4 aliphatic rings. The van der Waals surface area contributed by atoms with Crippen LogP contribution in [-0.4, -0.2) is 18.7 Å². The lowest BCUT2D eigenvalue weighted by atomic mass is 9.70. The van der Waals surface area contributed by atoms with Gasteiger partial charge in [-0.05, 0) is 231 Å². The third-order valence-corrected chi connectivity index (χ3v) is 26.4. The highest BCUT2D eigenvalue weighted by atomic mass is 79.9. The lowest BCUT2D eigenvalue weighted by molar-refractivity contribution is 0.792. The van der Waals surface area contributed by atoms with Crippen LogP contribution in [-0.2, 0) is 10.8 Å². The molecule has 556 valence electrons. The van der Waals surface area contributed by atoms with Gasteiger partial charge in [0.15, 0.2) is 0 Å². The molecule has 0 atom stereocenters. The van der Waals surface area contributed by atoms with Crippen LogP contribution >= 0.6 is 15.9 Å². The van der Waals surface area contributed by atoms with E-state index < -0.39 is 5.41 Å². The fraction of sp³-hybridized carbons (Fsp3) is 0.0175. The van der Waals surface area contributed by atoms with Crippen LogP contribution in [0.25, 0.3) is 171 Å². The van der Waals surface area contributed by atoms with Crippen LogP contribution in [0.1, 0.15) is 44.5 Å². The van der Waals surface area contributed by atoms with Crippen LogP contribution in [0.3, 0.4) is 0 Å². The van der Waals surface area contributed by atoms with Crippen LogP contribution in [0.5, 0.6) is 0 Å². The second-order valence-corrected chi connectivity index (χ2v) is 32.8. The fourth-order valence-corrected chi connectivity index (χ4v) is 21.3. The number of H-pyrrole nitrogens is 1. The van der Waals surface area contributed by atoms with Gasteiger partial charge < -0.3 is 18.7 Å². The molecule has 18 aromatic carbocycles. The van der Waals surface area contributed by atoms with Crippen LogP contribution < -0.4 is 0 Å². The summed E-state index contributed by atoms with van der Waals surface area (Å²) in [6.07, 6.45) is 4.44. The number of nitrogens with zero attached hydrogens (tertiary/aromatic N) is 3. The molecule has 119 heavy (non-hydrogen) atoms. The topological polar surface area (TPSA) is 30.6 Å². The zero-order chi connectivity index (χ0) is 78.4. The van der Waals surface area contributed by atoms with E-state index in [0.29, 0.717) is 0 Å². The molecule has 4 heterocycles. The van der Waals surface area contributed by atoms with Crippen LogP contribution in [0, 0.1) is 0 Å². The molecule has 22 aromatic rings. The van der Waals surface area contributed by atoms with E-state index in [9.17, 15) is 0 Å². The lowest BCUT2D eigenvalue weighted by Gasteiger charge is -2.30. The van der Waals surface area contributed by atoms with E-state index in [2.05, 4.69) is 472 Å². The normalized spacial score (nSPS) is 13.1. The van der Waals surface area contributed by atoms with Crippen LogP contribution in [0.15, 0.2) is 442 Å². The molecule has 0 fully saturated rings. The van der Waals surface area contributed by atoms with Gasteiger partial charge in [-0.2, -0.15) is 0 Å². The van der Waals surface area contributed by atoms with Gasteiger partial charge in [-0.1, -0.05) is 344 Å². The SMILES string of the molecule is Brc1ccc2c(c1)C1(c3ccccc3-c3ccccc31)c1ccccc1-2.c1ccc(-c2cc(-c3ccccc3)cc(-n3ccc4c3ccc3c5ccccc5n(-c5ccc6c(c5)C5(c7ccccc7-c7ccccc75)c5ccccc5-6)c34)c2)cc1.c1ccc(-c2cc(-c3ccccc3)cc(-n3ccc4c5[nH]c6ccccc6c5ccc43)c2)cc1. The summed E-state index contributed by atoms with van der Waals surface area (Å²) in [5, 5.41) is 7.50. The van der Waals surface area contributed by atoms with Crippen molar-refractivity contribution in [2.75, 3.05) is 0 Å². The maximum Gasteiger partial charge on any atom is 0.0726 e. The Morgan fingerprint density at radius 2 is 0.563 bits per heavy atom. The van der Waals surface area contributed by atoms with Crippen molar-refractivity contribution >= 4 is 81.3 Å². The van der Waals surface area contributed by atoms with Gasteiger partial charge in [0.1, 0.15) is 0 Å². The Labute approximate surface area is 697 Å². The van der Waals surface area contributed by atoms with Crippen LogP contribution in [0.2, 0.25) is 0 Å². The van der Waals surface area contributed by atoms with Gasteiger partial charge in [0, 0.05) is 71.8 Å². The Balaban J connectivity index is 0.000000113. The molecule has 0 aliphatic heterocycles. The highest BCUT2D eigenvalue weighted by Crippen LogP contribution is 2.65. The minimum Gasteiger partial charge on any atom is -0.354 e. The number of rotatable bonds is 7. The van der Waals surface area contributed by atoms with Gasteiger partial charge in [0.05, 0.1) is 38.4 Å². The second kappa shape index (κ2) is 27.1. The summed E-state index contributed by atoms with van der Waals surface area (Å²) in [5.41, 5.74) is 41.3. The van der Waals surface area contributed by atoms with E-state index in [0.717, 1.165) is 15.8 Å². The largest absolute Gasteiger partial charge is 0.354 e. The third-order valence-electron chi connectivity index (χ3n) is 25.9. The summed E-state index contributed by atoms with van der Waals surface area (Å²) >= 11 is 3.72. The van der Waals surface area contributed by atoms with Crippen molar-refractivity contribution in [2.24, 2.45) is 0 Å². The molecule has 0 saturated heterocycles. The molecule has 4 aliphatic carbocycles. The number of halogens is 1. The van der Waals surface area contributed by atoms with E-state index in [4.69, 9.17) is 0 Å². The molecule has 5 heteroatoms. The van der Waals surface area contributed by atoms with Gasteiger partial charge in [-0.15, -0.1) is 0 Å². The zero-order valence-corrected chi connectivity index (χ0v) is 66.4. The molecule has 0 saturated carbocycles. The number of aromatic nitrogens is 4. The Bertz CT molecular complexity index is 7630. The number of hydrogen-bond acceptors (Lipinski definition) is 0. The Kier molecular flexibility index (Phi) is 15.6. The summed E-state index contributed by atoms with van der Waals surface area (Å²) in [7, 11) is 0. The van der Waals surface area contributed by atoms with Gasteiger partial charge >= 0.3 is 0 Å². The maximum atomic E-state index is 3.72. The van der Waals surface area contributed by atoms with Gasteiger partial charge in [0.2, 0.25) is 0 Å². The van der Waals surface area contributed by atoms with Crippen molar-refractivity contribution < 1.29 is 0 Å². The quantitative estimate of drug-likeness (QED) is 0.165. The van der Waals surface area contributed by atoms with Crippen molar-refractivity contribution in [2.45, 2.75) is 10.8 Å². The van der Waals surface area contributed by atoms with Crippen molar-refractivity contribution in [1.29, 1.82) is 0 Å². The molecule has 0 amide bonds. The first-order chi connectivity index (χ1) is 58.9. The molecule has 4 aromatic heterocycles. The predicted molar refractivity (Wildman–Crippen MR) is 499 cm³/mol. The molecule has 26 rings (SSSR count). The zero-order valence-electron chi connectivity index (χ0n) is 64.8. The Morgan fingerprint density at radius 3 is 1.02 bits per heavy atom. The predicted octanol–water partition coefficient (Wildman–Crippen LogP) is 29.8. The van der Waals surface area contributed by atoms with E-state index >= 15 is 0 Å². The van der Waals surface area contributed by atoms with E-state index in [-0.39, 0.29) is 5.41 Å². The van der Waals surface area contributed by atoms with Crippen molar-refractivity contribution in [3.63, 3.8) is 0 Å². The second-order valence-electron chi connectivity index (χ2n) is 31.9. The Morgan fingerprint density at radius 1 is 0.210 bits per heavy atom. The third kappa shape index (κ3) is 10.4. The van der Waals surface area contributed by atoms with Crippen LogP contribution in [0.4, 0.5) is 0 Å². The standard InChI is InChI=1S/C57H36N2.C32H22N2.C25H15Br/c1-3-15-37(16-4-1)39-33-40(38-17-5-2-6-18-38)35-42(34-39)58-32-31-49-54(58)30-29-48-47-22-10-14-26-55(47)59(56(48)49)41-27-28-46-45-21-9-13-25-52(45)57(53(46)36-41)50-23-11-7-19-43(50)44-20-8-12-24-51(44)57;1-3-9-22(10-4-1)24-19-25(23-11-5-2-6-12-23)21-26(20-24)34-18-17-29-31(34)16-15-28-27-13-7-8-14-30(27)33-32(28)29;26-16-13-14-20-19-9-3-6-12-23(19)25(24(20)15-16)21-10-4-1-7-17(21)18-8-2-5-11-22(18)25/h1-36H;1-21,33H;1-15H. The number of benzene rings is 18. The highest BCUT2D eigenvalue weighted by Gasteiger charge is 2.53. The van der Waals surface area contributed by atoms with E-state index in [1.54, 1.807) is 0 Å². The molecule has 2 spiro atoms. The van der Waals surface area contributed by atoms with E-state index in [1.165, 1.54) is 205 Å². The van der Waals surface area contributed by atoms with Crippen molar-refractivity contribution in [3.8, 4) is 106 Å². The maximum absolute atomic E-state index is 3.72. The average Bonchev–Trinajstić information content (AvgIpc) is 1.51. The summed E-state index contributed by atoms with van der Waals surface area (Å²) < 4.78 is 8.33. The first-order valence-corrected chi connectivity index (χ1v) is 41.8. The lowest BCUT2D eigenvalue weighted by Crippen LogP contribution is -2.26. The first-order valence-electron chi connectivity index (χ1n) is 41.0. The van der Waals surface area contributed by atoms with E-state index in [1.807, 2.05) is 0 Å². The number of nitrogens with one attached hydrogen (secondary N) is 1. The minimum absolute atomic E-state index is 0.219. The average molecular weight is 1580 g/mol. The molecule has 0 unspecified atom stereocenters. The van der Waals surface area contributed by atoms with Crippen molar-refractivity contribution in [1.82, 2.24) is 18.7 Å². The minimum atomic E-state index is -0.410. The summed E-state index contributed by atoms with van der Waals surface area (Å²) in [5.74, 6) is 0. The summed E-state index contributed by atoms with van der Waals surface area (Å²) in [6, 6.07) is 155. The molecule has 0 bridgehead atoms. The van der Waals surface area contributed by atoms with Crippen molar-refractivity contribution in [3.05, 3.63) is 486 Å². The number of fused-ring (bicyclic) bond motifs is 30. The number of hydrogen-bond donors (Lipinski definition) is 1. The molecule has 0 radical (unpaired) electrons. The highest BCUT2D eigenvalue weighted by molar-refractivity contribution is 9.10. The van der Waals surface area contributed by atoms with Gasteiger partial charge in [-0.25, -0.2) is 0 Å². The molecule has 1 N–H and O–H groups in total. The molecule has 4 nitrogen and oxygen atoms in total. The Hall–Kier alpha value is -14.9.